The Morgan fingerprint density at radius 3 is 2.75 bits per heavy atom. The molecule has 1 aromatic carbocycles. The molecule has 2 aromatic rings. The number of benzene rings is 1. The minimum absolute atomic E-state index is 0.0505. The smallest absolute Gasteiger partial charge is 0.410 e. The van der Waals surface area contributed by atoms with Gasteiger partial charge in [-0.05, 0) is 39.0 Å². The van der Waals surface area contributed by atoms with Crippen LogP contribution in [-0.4, -0.2) is 63.9 Å². The molecule has 9 nitrogen and oxygen atoms in total. The fourth-order valence-corrected chi connectivity index (χ4v) is 3.36. The monoisotopic (exact) mass is 388 g/mol. The highest BCUT2D eigenvalue weighted by Crippen LogP contribution is 2.33. The Kier molecular flexibility index (Phi) is 5.37. The van der Waals surface area contributed by atoms with Crippen molar-refractivity contribution in [1.82, 2.24) is 9.88 Å². The molecule has 1 saturated heterocycles. The van der Waals surface area contributed by atoms with Crippen LogP contribution in [0.15, 0.2) is 30.5 Å². The summed E-state index contributed by atoms with van der Waals surface area (Å²) in [6.45, 7) is 6.45. The number of pyridine rings is 1. The van der Waals surface area contributed by atoms with Gasteiger partial charge in [0.2, 0.25) is 0 Å². The van der Waals surface area contributed by atoms with E-state index in [1.54, 1.807) is 39.0 Å². The Labute approximate surface area is 162 Å². The number of nitro benzene ring substituents is 1. The fraction of sp³-hybridized carbons (Fsp3) is 0.474. The summed E-state index contributed by atoms with van der Waals surface area (Å²) < 4.78 is 5.43. The highest BCUT2D eigenvalue weighted by molar-refractivity contribution is 5.97. The minimum Gasteiger partial charge on any atom is -0.444 e. The van der Waals surface area contributed by atoms with Crippen molar-refractivity contribution in [3.63, 3.8) is 0 Å². The summed E-state index contributed by atoms with van der Waals surface area (Å²) in [6, 6.07) is 6.22. The lowest BCUT2D eigenvalue weighted by Gasteiger charge is -2.42. The number of carbonyl (C=O) groups is 1. The number of aliphatic hydroxyl groups excluding tert-OH is 1. The highest BCUT2D eigenvalue weighted by Gasteiger charge is 2.34. The lowest BCUT2D eigenvalue weighted by molar-refractivity contribution is -0.383. The van der Waals surface area contributed by atoms with Crippen molar-refractivity contribution in [2.75, 3.05) is 31.1 Å². The number of non-ortho nitro benzene ring substituents is 1. The predicted octanol–water partition coefficient (Wildman–Crippen LogP) is 2.56. The van der Waals surface area contributed by atoms with Gasteiger partial charge in [-0.15, -0.1) is 0 Å². The second-order valence-electron chi connectivity index (χ2n) is 7.72. The van der Waals surface area contributed by atoms with Crippen LogP contribution in [0.4, 0.5) is 16.2 Å². The predicted molar refractivity (Wildman–Crippen MR) is 104 cm³/mol. The molecule has 0 aliphatic carbocycles. The van der Waals surface area contributed by atoms with E-state index in [9.17, 15) is 20.0 Å². The maximum atomic E-state index is 12.4. The number of rotatable bonds is 3. The van der Waals surface area contributed by atoms with Crippen LogP contribution in [0, 0.1) is 10.1 Å². The summed E-state index contributed by atoms with van der Waals surface area (Å²) in [5.74, 6) is 0. The second kappa shape index (κ2) is 7.59. The van der Waals surface area contributed by atoms with E-state index < -0.39 is 22.7 Å². The Hall–Kier alpha value is -2.94. The van der Waals surface area contributed by atoms with Gasteiger partial charge in [0.05, 0.1) is 17.6 Å². The summed E-state index contributed by atoms with van der Waals surface area (Å²) in [4.78, 5) is 31.0. The Morgan fingerprint density at radius 1 is 1.36 bits per heavy atom. The number of carbonyl (C=O) groups excluding carboxylic acids is 1. The van der Waals surface area contributed by atoms with Gasteiger partial charge < -0.3 is 14.7 Å². The van der Waals surface area contributed by atoms with Gasteiger partial charge in [-0.2, -0.15) is 0 Å². The summed E-state index contributed by atoms with van der Waals surface area (Å²) in [5, 5.41) is 21.8. The number of aromatic nitrogens is 1. The minimum atomic E-state index is -0.617. The molecule has 0 radical (unpaired) electrons. The standard InChI is InChI=1S/C19H24N4O5/c1-19(2,3)28-18(25)22-10-9-21(11-13(22)12-24)15-6-7-16(23(26)27)17-14(15)5-4-8-20-17/h4-8,13,24H,9-12H2,1-3H3. The Morgan fingerprint density at radius 2 is 2.11 bits per heavy atom. The van der Waals surface area contributed by atoms with Gasteiger partial charge in [-0.3, -0.25) is 15.0 Å². The van der Waals surface area contributed by atoms with Gasteiger partial charge >= 0.3 is 6.09 Å². The number of nitrogens with zero attached hydrogens (tertiary/aromatic N) is 4. The lowest BCUT2D eigenvalue weighted by Crippen LogP contribution is -2.57. The van der Waals surface area contributed by atoms with Gasteiger partial charge in [0.25, 0.3) is 5.69 Å². The number of ether oxygens (including phenoxy) is 1. The first-order valence-electron chi connectivity index (χ1n) is 9.09. The molecule has 1 aromatic heterocycles. The number of anilines is 1. The van der Waals surface area contributed by atoms with E-state index in [4.69, 9.17) is 4.74 Å². The summed E-state index contributed by atoms with van der Waals surface area (Å²) in [7, 11) is 0. The fourth-order valence-electron chi connectivity index (χ4n) is 3.36. The van der Waals surface area contributed by atoms with Crippen LogP contribution in [0.1, 0.15) is 20.8 Å². The normalized spacial score (nSPS) is 17.6. The first kappa shape index (κ1) is 19.8. The maximum Gasteiger partial charge on any atom is 0.410 e. The van der Waals surface area contributed by atoms with Gasteiger partial charge in [0.1, 0.15) is 11.1 Å². The largest absolute Gasteiger partial charge is 0.444 e. The molecule has 0 spiro atoms. The van der Waals surface area contributed by atoms with Gasteiger partial charge in [-0.25, -0.2) is 9.78 Å². The van der Waals surface area contributed by atoms with E-state index >= 15 is 0 Å². The van der Waals surface area contributed by atoms with Crippen LogP contribution in [0.3, 0.4) is 0 Å². The third-order valence-electron chi connectivity index (χ3n) is 4.58. The first-order chi connectivity index (χ1) is 13.2. The Balaban J connectivity index is 1.88. The molecule has 150 valence electrons. The van der Waals surface area contributed by atoms with E-state index in [0.29, 0.717) is 30.5 Å². The van der Waals surface area contributed by atoms with Crippen LogP contribution >= 0.6 is 0 Å². The molecule has 1 aliphatic rings. The second-order valence-corrected chi connectivity index (χ2v) is 7.72. The number of aliphatic hydroxyl groups is 1. The van der Waals surface area contributed by atoms with Crippen LogP contribution in [-0.2, 0) is 4.74 Å². The number of hydrogen-bond acceptors (Lipinski definition) is 7. The van der Waals surface area contributed by atoms with Crippen molar-refractivity contribution >= 4 is 28.4 Å². The molecule has 1 atom stereocenters. The molecule has 0 saturated carbocycles. The van der Waals surface area contributed by atoms with Crippen molar-refractivity contribution in [3.05, 3.63) is 40.6 Å². The molecule has 0 bridgehead atoms. The number of hydrogen-bond donors (Lipinski definition) is 1. The topological polar surface area (TPSA) is 109 Å². The zero-order valence-electron chi connectivity index (χ0n) is 16.2. The molecule has 1 amide bonds. The summed E-state index contributed by atoms with van der Waals surface area (Å²) in [6.07, 6.45) is 1.07. The molecule has 3 rings (SSSR count). The van der Waals surface area contributed by atoms with Crippen molar-refractivity contribution < 1.29 is 19.6 Å². The molecule has 1 unspecified atom stereocenters. The van der Waals surface area contributed by atoms with Crippen LogP contribution in [0.2, 0.25) is 0 Å². The SMILES string of the molecule is CC(C)(C)OC(=O)N1CCN(c2ccc([N+](=O)[O-])c3ncccc23)CC1CO. The molecular formula is C19H24N4O5. The van der Waals surface area contributed by atoms with Crippen LogP contribution in [0.5, 0.6) is 0 Å². The average molecular weight is 388 g/mol. The summed E-state index contributed by atoms with van der Waals surface area (Å²) >= 11 is 0. The number of fused-ring (bicyclic) bond motifs is 1. The first-order valence-corrected chi connectivity index (χ1v) is 9.09. The molecule has 28 heavy (non-hydrogen) atoms. The van der Waals surface area contributed by atoms with Crippen LogP contribution < -0.4 is 4.90 Å². The van der Waals surface area contributed by atoms with Crippen LogP contribution in [0.25, 0.3) is 10.9 Å². The lowest BCUT2D eigenvalue weighted by atomic mass is 10.1. The third-order valence-corrected chi connectivity index (χ3v) is 4.58. The zero-order chi connectivity index (χ0) is 20.5. The van der Waals surface area contributed by atoms with Crippen molar-refractivity contribution in [2.45, 2.75) is 32.4 Å². The van der Waals surface area contributed by atoms with Gasteiger partial charge in [-0.1, -0.05) is 0 Å². The van der Waals surface area contributed by atoms with Crippen molar-refractivity contribution in [2.24, 2.45) is 0 Å². The van der Waals surface area contributed by atoms with Crippen molar-refractivity contribution in [3.8, 4) is 0 Å². The van der Waals surface area contributed by atoms with Gasteiger partial charge in [0.15, 0.2) is 0 Å². The highest BCUT2D eigenvalue weighted by atomic mass is 16.6. The van der Waals surface area contributed by atoms with E-state index in [0.717, 1.165) is 5.69 Å². The zero-order valence-corrected chi connectivity index (χ0v) is 16.2. The molecular weight excluding hydrogens is 364 g/mol. The number of nitro groups is 1. The molecule has 9 heteroatoms. The molecule has 1 N–H and O–H groups in total. The van der Waals surface area contributed by atoms with E-state index in [1.807, 2.05) is 4.90 Å². The number of piperazine rings is 1. The van der Waals surface area contributed by atoms with Gasteiger partial charge in [0, 0.05) is 43.0 Å². The van der Waals surface area contributed by atoms with E-state index in [2.05, 4.69) is 4.98 Å². The molecule has 1 fully saturated rings. The summed E-state index contributed by atoms with van der Waals surface area (Å²) in [5.41, 5.74) is 0.440. The molecule has 2 heterocycles. The Bertz CT molecular complexity index is 896. The maximum absolute atomic E-state index is 12.4. The quantitative estimate of drug-likeness (QED) is 0.636. The van der Waals surface area contributed by atoms with E-state index in [1.165, 1.54) is 17.2 Å². The average Bonchev–Trinajstić information content (AvgIpc) is 2.65. The number of amides is 1. The third kappa shape index (κ3) is 3.99. The molecule has 1 aliphatic heterocycles. The van der Waals surface area contributed by atoms with Crippen molar-refractivity contribution in [1.29, 1.82) is 0 Å². The van der Waals surface area contributed by atoms with E-state index in [-0.39, 0.29) is 12.3 Å².